The summed E-state index contributed by atoms with van der Waals surface area (Å²) in [5.41, 5.74) is 15.8. The second-order valence-corrected chi connectivity index (χ2v) is 30.8. The molecule has 12 rings (SSSR count). The predicted molar refractivity (Wildman–Crippen MR) is 463 cm³/mol. The summed E-state index contributed by atoms with van der Waals surface area (Å²) in [7, 11) is 14.6. The summed E-state index contributed by atoms with van der Waals surface area (Å²) in [5.74, 6) is 2.31. The van der Waals surface area contributed by atoms with E-state index in [0.29, 0.717) is 90.2 Å². The maximum absolute atomic E-state index is 15.1. The molecule has 0 radical (unpaired) electrons. The van der Waals surface area contributed by atoms with Crippen molar-refractivity contribution in [2.45, 2.75) is 126 Å². The molecule has 0 spiro atoms. The molecule has 1 amide bonds. The number of ether oxygens (including phenoxy) is 2. The molecular weight excluding hydrogens is 1850 g/mol. The molecule has 5 aromatic carbocycles. The maximum atomic E-state index is 15.1. The fourth-order valence-electron chi connectivity index (χ4n) is 12.6. The Labute approximate surface area is 833 Å². The molecule has 6 aromatic heterocycles. The van der Waals surface area contributed by atoms with E-state index in [1.54, 1.807) is 50.9 Å². The van der Waals surface area contributed by atoms with Gasteiger partial charge in [0.2, 0.25) is 22.4 Å². The number of ketones is 1. The number of nitrogens with two attached hydrogens (primary N) is 1. The maximum Gasteiger partial charge on any atom is 1.00 e. The molecule has 120 heavy (non-hydrogen) atoms. The Kier molecular flexibility index (Phi) is 41.0. The summed E-state index contributed by atoms with van der Waals surface area (Å²) < 4.78 is 73.1. The minimum Gasteiger partial charge on any atom is -1.00 e. The number of likely N-dealkylation sites (N-methyl/N-ethyl adjacent to an activating group) is 4. The third-order valence-electron chi connectivity index (χ3n) is 19.0. The zero-order valence-corrected chi connectivity index (χ0v) is 87.2. The number of nitrogen functional groups attached to an aromatic ring is 1. The van der Waals surface area contributed by atoms with E-state index in [2.05, 4.69) is 102 Å². The van der Waals surface area contributed by atoms with E-state index in [-0.39, 0.29) is 204 Å². The van der Waals surface area contributed by atoms with Gasteiger partial charge in [0.15, 0.2) is 23.2 Å². The number of anilines is 6. The van der Waals surface area contributed by atoms with Crippen LogP contribution in [0, 0.1) is 38.2 Å². The van der Waals surface area contributed by atoms with E-state index in [4.69, 9.17) is 69.4 Å². The van der Waals surface area contributed by atoms with Crippen LogP contribution in [0.1, 0.15) is 112 Å². The topological polar surface area (TPSA) is 314 Å². The van der Waals surface area contributed by atoms with Gasteiger partial charge in [-0.15, -0.1) is 0 Å². The van der Waals surface area contributed by atoms with Gasteiger partial charge >= 0.3 is 145 Å². The van der Waals surface area contributed by atoms with Crippen molar-refractivity contribution < 1.29 is 196 Å². The Morgan fingerprint density at radius 3 is 1.45 bits per heavy atom. The summed E-state index contributed by atoms with van der Waals surface area (Å²) in [6.45, 7) is 36.1. The quantitative estimate of drug-likeness (QED) is 0.00743. The van der Waals surface area contributed by atoms with Gasteiger partial charge in [-0.25, -0.2) is 58.0 Å². The summed E-state index contributed by atoms with van der Waals surface area (Å²) in [5, 5.41) is 15.2. The molecule has 4 N–H and O–H groups in total. The number of carbonyl (C=O) groups excluding carboxylic acids is 3. The number of allylic oxidation sites excluding steroid dienone is 1. The molecule has 11 aromatic rings. The van der Waals surface area contributed by atoms with Gasteiger partial charge in [0.05, 0.1) is 76.1 Å². The van der Waals surface area contributed by atoms with Crippen molar-refractivity contribution in [2.24, 2.45) is 0 Å². The van der Waals surface area contributed by atoms with E-state index in [0.717, 1.165) is 71.6 Å². The van der Waals surface area contributed by atoms with Crippen molar-refractivity contribution in [1.82, 2.24) is 68.4 Å². The Morgan fingerprint density at radius 2 is 1.03 bits per heavy atom. The Hall–Kier alpha value is -6.73. The summed E-state index contributed by atoms with van der Waals surface area (Å²) in [4.78, 5) is 80.8. The number of hydrogen-bond donors (Lipinski definition) is 3. The van der Waals surface area contributed by atoms with Crippen LogP contribution in [-0.2, 0) is 35.0 Å². The fraction of sp³-hybridized carbons (Fsp3) is 0.373. The van der Waals surface area contributed by atoms with Crippen molar-refractivity contribution in [2.75, 3.05) is 109 Å². The normalized spacial score (nSPS) is 12.3. The molecule has 0 unspecified atom stereocenters. The molecule has 632 valence electrons. The number of hydrogen-bond acceptors (Lipinski definition) is 24. The number of nitrogens with one attached hydrogen (secondary N) is 2. The van der Waals surface area contributed by atoms with Gasteiger partial charge in [0, 0.05) is 112 Å². The average molecular weight is 1950 g/mol. The summed E-state index contributed by atoms with van der Waals surface area (Å²) >= 11 is 16.6. The monoisotopic (exact) mass is 1950 g/mol. The van der Waals surface area contributed by atoms with Crippen molar-refractivity contribution in [3.05, 3.63) is 179 Å². The molecule has 0 aliphatic carbocycles. The zero-order chi connectivity index (χ0) is 87.5. The molecule has 37 heteroatoms. The van der Waals surface area contributed by atoms with Crippen LogP contribution in [0.5, 0.6) is 11.5 Å². The van der Waals surface area contributed by atoms with E-state index >= 15 is 4.39 Å². The molecule has 0 bridgehead atoms. The summed E-state index contributed by atoms with van der Waals surface area (Å²) in [6.07, 6.45) is 7.50. The van der Waals surface area contributed by atoms with Crippen LogP contribution >= 0.6 is 34.8 Å². The van der Waals surface area contributed by atoms with Gasteiger partial charge in [-0.05, 0) is 231 Å². The van der Waals surface area contributed by atoms with Crippen molar-refractivity contribution in [3.8, 4) is 34.0 Å². The molecule has 1 aliphatic rings. The molecule has 1 aliphatic heterocycles. The largest absolute Gasteiger partial charge is 1.00 e. The van der Waals surface area contributed by atoms with Gasteiger partial charge in [-0.2, -0.15) is 0 Å². The molecule has 1 fully saturated rings. The fourth-order valence-corrected chi connectivity index (χ4v) is 13.1. The van der Waals surface area contributed by atoms with Crippen LogP contribution in [0.2, 0.25) is 15.7 Å². The Balaban J connectivity index is 0.000000333. The van der Waals surface area contributed by atoms with E-state index in [1.165, 1.54) is 36.5 Å². The number of rotatable bonds is 24. The van der Waals surface area contributed by atoms with Gasteiger partial charge in [0.1, 0.15) is 50.7 Å². The van der Waals surface area contributed by atoms with Crippen LogP contribution in [0.3, 0.4) is 0 Å². The third-order valence-corrected chi connectivity index (χ3v) is 19.6. The number of amides is 1. The van der Waals surface area contributed by atoms with Gasteiger partial charge in [-0.1, -0.05) is 24.8 Å². The third kappa shape index (κ3) is 27.6. The average Bonchev–Trinajstić information content (AvgIpc) is 1.60. The number of imidazole rings is 3. The second-order valence-electron chi connectivity index (χ2n) is 29.7. The van der Waals surface area contributed by atoms with E-state index in [9.17, 15) is 18.4 Å². The van der Waals surface area contributed by atoms with Crippen LogP contribution in [0.15, 0.2) is 123 Å². The first kappa shape index (κ1) is 104. The van der Waals surface area contributed by atoms with Crippen LogP contribution in [-0.4, -0.2) is 188 Å². The number of benzene rings is 5. The minimum atomic E-state index is -0.574. The number of nitrogens with zero attached hydrogens (tertiary/aromatic N) is 16. The SMILES string of the molecule is C=CC(=O)Cc1cc(N)c(OC)cc1N(C)CCN(C)C.C=CC(=O)Nc1cc(Nc2nccc(-c3cc(F)c4nc(C)n(C(C)C)c4c3)n2)c(OC)cc1N(C)CCN(C)C.Cc1nc2c(F)cc(-c3ccnc(Cl)n3)cc2n1C(C)C.Cc1nc2c(F)cc(B3OC(C)(C)C(C)(C)O3)cc2n1C(C)C.Clc1ccnc(Cl)n1.O=CO[O-].[Cs+].[Cs+].[H-]. The smallest absolute Gasteiger partial charge is 1.00 e. The zero-order valence-electron chi connectivity index (χ0n) is 73.4. The molecule has 0 saturated carbocycles. The molecule has 1 saturated heterocycles. The summed E-state index contributed by atoms with van der Waals surface area (Å²) in [6, 6.07) is 22.9. The van der Waals surface area contributed by atoms with Gasteiger partial charge < -0.3 is 80.0 Å². The van der Waals surface area contributed by atoms with Crippen LogP contribution in [0.4, 0.5) is 47.6 Å². The minimum absolute atomic E-state index is 0. The number of methoxy groups -OCH3 is 2. The molecule has 0 atom stereocenters. The van der Waals surface area contributed by atoms with Crippen LogP contribution < -0.4 is 184 Å². The standard InChI is InChI=1S/C30H37FN8O2.C17H24BFN2O2.C16H25N3O2.C15H14ClFN4.C4H2Cl2N2.CH2O3.2Cs.H/c1-9-28(40)34-23-16-24(27(41-8)17-25(23)38(7)13-12-37(5)6)36-30-32-11-10-22(35-30)20-14-21(31)29-26(15-20)39(18(2)3)19(4)33-29;1-10(2)21-11(3)20-15-13(19)8-12(9-14(15)21)18-22-16(4,5)17(6,7)23-18;1-6-13(20)9-12-10-14(17)16(21-5)11-15(12)19(4)8-7-18(2)3;1-8(2)21-9(3)19-14-11(17)6-10(7-13(14)21)12-4-5-18-15(16)20-12;5-3-1-2-7-4(6)8-3;2-1-4-3;;;/h9-11,14-18H,1,12-13H2,2-8H3,(H,34,40)(H,32,35,36);8-10H,1-7H3;6,10-11H,1,7-9,17H2,2-5H3;4-8H,1-3H3;1-2H;1,3H;;;/q;;;;;;2*+1;-1/p-1. The Morgan fingerprint density at radius 1 is 0.600 bits per heavy atom. The first-order valence-corrected chi connectivity index (χ1v) is 38.6. The van der Waals surface area contributed by atoms with Crippen molar-refractivity contribution >= 4 is 133 Å². The second kappa shape index (κ2) is 47.4. The predicted octanol–water partition coefficient (Wildman–Crippen LogP) is 8.85. The van der Waals surface area contributed by atoms with Crippen molar-refractivity contribution in [3.63, 3.8) is 0 Å². The molecular formula is C83H104BCl3Cs2F3N19O9. The van der Waals surface area contributed by atoms with Crippen molar-refractivity contribution in [1.29, 1.82) is 0 Å². The first-order valence-electron chi connectivity index (χ1n) is 37.5. The number of carbonyl (C=O) groups is 3. The number of aromatic nitrogens is 12. The van der Waals surface area contributed by atoms with Gasteiger partial charge in [-0.3, -0.25) is 14.4 Å². The molecule has 28 nitrogen and oxygen atoms in total. The van der Waals surface area contributed by atoms with E-state index < -0.39 is 24.1 Å². The Bertz CT molecular complexity index is 5350. The van der Waals surface area contributed by atoms with Crippen LogP contribution in [0.25, 0.3) is 55.6 Å². The number of halogens is 6. The number of aryl methyl sites for hydroxylation is 3. The van der Waals surface area contributed by atoms with Gasteiger partial charge in [0.25, 0.3) is 6.47 Å². The first-order chi connectivity index (χ1) is 55.6. The number of fused-ring (bicyclic) bond motifs is 3. The van der Waals surface area contributed by atoms with E-state index in [1.807, 2.05) is 173 Å². The molecule has 7 heterocycles.